The fourth-order valence-electron chi connectivity index (χ4n) is 4.09. The van der Waals surface area contributed by atoms with Crippen molar-refractivity contribution in [3.63, 3.8) is 0 Å². The van der Waals surface area contributed by atoms with Crippen LogP contribution in [0.5, 0.6) is 0 Å². The first-order valence-electron chi connectivity index (χ1n) is 10.0. The second kappa shape index (κ2) is 7.42. The number of morpholine rings is 1. The average molecular weight is 402 g/mol. The van der Waals surface area contributed by atoms with Crippen molar-refractivity contribution in [2.45, 2.75) is 13.5 Å². The number of carbonyl (C=O) groups is 1. The van der Waals surface area contributed by atoms with E-state index in [1.54, 1.807) is 6.07 Å². The summed E-state index contributed by atoms with van der Waals surface area (Å²) in [6, 6.07) is 16.1. The number of ether oxygens (including phenoxy) is 1. The van der Waals surface area contributed by atoms with Crippen LogP contribution < -0.4 is 4.90 Å². The Balaban J connectivity index is 1.67. The van der Waals surface area contributed by atoms with Gasteiger partial charge in [-0.2, -0.15) is 0 Å². The molecule has 1 N–H and O–H groups in total. The molecule has 1 aliphatic rings. The lowest BCUT2D eigenvalue weighted by molar-refractivity contribution is 0.0698. The largest absolute Gasteiger partial charge is 0.478 e. The van der Waals surface area contributed by atoms with Gasteiger partial charge in [-0.15, -0.1) is 0 Å². The van der Waals surface area contributed by atoms with Crippen molar-refractivity contribution < 1.29 is 14.6 Å². The summed E-state index contributed by atoms with van der Waals surface area (Å²) >= 11 is 0. The number of imidazole rings is 1. The summed E-state index contributed by atoms with van der Waals surface area (Å²) in [7, 11) is 0. The summed E-state index contributed by atoms with van der Waals surface area (Å²) in [5, 5.41) is 12.2. The molecule has 7 heteroatoms. The van der Waals surface area contributed by atoms with E-state index in [1.807, 2.05) is 29.7 Å². The minimum Gasteiger partial charge on any atom is -0.478 e. The summed E-state index contributed by atoms with van der Waals surface area (Å²) < 4.78 is 7.44. The number of aromatic nitrogens is 3. The molecule has 0 unspecified atom stereocenters. The van der Waals surface area contributed by atoms with Crippen molar-refractivity contribution in [3.8, 4) is 0 Å². The van der Waals surface area contributed by atoms with Gasteiger partial charge in [-0.1, -0.05) is 42.5 Å². The Kier molecular flexibility index (Phi) is 4.59. The molecular weight excluding hydrogens is 380 g/mol. The van der Waals surface area contributed by atoms with Gasteiger partial charge in [0.1, 0.15) is 17.2 Å². The van der Waals surface area contributed by atoms with Crippen LogP contribution in [0.25, 0.3) is 21.9 Å². The maximum absolute atomic E-state index is 12.0. The van der Waals surface area contributed by atoms with Gasteiger partial charge in [0, 0.05) is 13.1 Å². The van der Waals surface area contributed by atoms with Gasteiger partial charge < -0.3 is 19.3 Å². The highest BCUT2D eigenvalue weighted by molar-refractivity contribution is 6.01. The van der Waals surface area contributed by atoms with E-state index in [1.165, 1.54) is 10.8 Å². The fourth-order valence-corrected chi connectivity index (χ4v) is 4.09. The minimum atomic E-state index is -0.994. The third-order valence-corrected chi connectivity index (χ3v) is 5.65. The number of benzene rings is 2. The number of anilines is 1. The van der Waals surface area contributed by atoms with Gasteiger partial charge in [0.15, 0.2) is 5.65 Å². The summed E-state index contributed by atoms with van der Waals surface area (Å²) in [5.74, 6) is 0.404. The van der Waals surface area contributed by atoms with E-state index in [0.29, 0.717) is 49.8 Å². The number of pyridine rings is 1. The zero-order valence-electron chi connectivity index (χ0n) is 16.7. The van der Waals surface area contributed by atoms with Gasteiger partial charge in [-0.3, -0.25) is 0 Å². The summed E-state index contributed by atoms with van der Waals surface area (Å²) in [4.78, 5) is 23.5. The average Bonchev–Trinajstić information content (AvgIpc) is 3.09. The van der Waals surface area contributed by atoms with Crippen molar-refractivity contribution in [1.29, 1.82) is 0 Å². The maximum atomic E-state index is 12.0. The molecule has 4 aromatic rings. The van der Waals surface area contributed by atoms with Crippen molar-refractivity contribution in [2.75, 3.05) is 31.2 Å². The van der Waals surface area contributed by atoms with Crippen molar-refractivity contribution in [3.05, 3.63) is 65.5 Å². The van der Waals surface area contributed by atoms with Gasteiger partial charge in [-0.05, 0) is 29.3 Å². The molecule has 2 aromatic carbocycles. The van der Waals surface area contributed by atoms with E-state index in [0.717, 1.165) is 11.4 Å². The lowest BCUT2D eigenvalue weighted by Crippen LogP contribution is -2.37. The number of carboxylic acid groups (broad SMARTS) is 1. The highest BCUT2D eigenvalue weighted by Gasteiger charge is 2.22. The predicted octanol–water partition coefficient (Wildman–Crippen LogP) is 3.48. The number of aryl methyl sites for hydroxylation is 1. The summed E-state index contributed by atoms with van der Waals surface area (Å²) in [6.07, 6.45) is 0. The van der Waals surface area contributed by atoms with E-state index in [-0.39, 0.29) is 5.56 Å². The summed E-state index contributed by atoms with van der Waals surface area (Å²) in [5.41, 5.74) is 2.35. The Bertz CT molecular complexity index is 1250. The number of rotatable bonds is 4. The Morgan fingerprint density at radius 2 is 1.87 bits per heavy atom. The zero-order chi connectivity index (χ0) is 20.7. The highest BCUT2D eigenvalue weighted by Crippen LogP contribution is 2.27. The molecule has 1 saturated heterocycles. The Morgan fingerprint density at radius 3 is 2.67 bits per heavy atom. The van der Waals surface area contributed by atoms with E-state index >= 15 is 0 Å². The van der Waals surface area contributed by atoms with Crippen LogP contribution in [0.1, 0.15) is 21.7 Å². The van der Waals surface area contributed by atoms with Crippen molar-refractivity contribution in [1.82, 2.24) is 14.5 Å². The third kappa shape index (κ3) is 3.17. The third-order valence-electron chi connectivity index (χ3n) is 5.65. The second-order valence-corrected chi connectivity index (χ2v) is 7.49. The zero-order valence-corrected chi connectivity index (χ0v) is 16.7. The monoisotopic (exact) mass is 402 g/mol. The number of carboxylic acids is 1. The lowest BCUT2D eigenvalue weighted by atomic mass is 10.0. The lowest BCUT2D eigenvalue weighted by Gasteiger charge is -2.28. The van der Waals surface area contributed by atoms with Crippen LogP contribution >= 0.6 is 0 Å². The minimum absolute atomic E-state index is 0.182. The van der Waals surface area contributed by atoms with Crippen LogP contribution in [-0.2, 0) is 11.3 Å². The van der Waals surface area contributed by atoms with Gasteiger partial charge in [-0.25, -0.2) is 14.8 Å². The molecule has 3 heterocycles. The molecule has 1 fully saturated rings. The molecule has 0 aliphatic carbocycles. The summed E-state index contributed by atoms with van der Waals surface area (Å²) in [6.45, 7) is 5.06. The smallest absolute Gasteiger partial charge is 0.338 e. The van der Waals surface area contributed by atoms with E-state index in [9.17, 15) is 9.90 Å². The molecule has 0 spiro atoms. The van der Waals surface area contributed by atoms with Crippen LogP contribution in [0.3, 0.4) is 0 Å². The quantitative estimate of drug-likeness (QED) is 0.563. The number of nitrogens with zero attached hydrogens (tertiary/aromatic N) is 4. The van der Waals surface area contributed by atoms with E-state index in [2.05, 4.69) is 34.1 Å². The van der Waals surface area contributed by atoms with E-state index < -0.39 is 5.97 Å². The van der Waals surface area contributed by atoms with Gasteiger partial charge >= 0.3 is 5.97 Å². The molecule has 5 rings (SSSR count). The number of fused-ring (bicyclic) bond motifs is 2. The van der Waals surface area contributed by atoms with Crippen LogP contribution in [0.15, 0.2) is 48.5 Å². The Hall–Kier alpha value is -3.45. The second-order valence-electron chi connectivity index (χ2n) is 7.49. The molecule has 0 bridgehead atoms. The first-order chi connectivity index (χ1) is 14.6. The van der Waals surface area contributed by atoms with Crippen molar-refractivity contribution in [2.24, 2.45) is 0 Å². The SMILES string of the molecule is Cc1nc2c(C(=O)O)cc(N3CCOCC3)nc2n1Cc1cccc2ccccc12. The fraction of sp³-hybridized carbons (Fsp3) is 0.261. The maximum Gasteiger partial charge on any atom is 0.338 e. The standard InChI is InChI=1S/C23H22N4O3/c1-15-24-21-19(23(28)29)13-20(26-9-11-30-12-10-26)25-22(21)27(15)14-17-7-4-6-16-5-2-3-8-18(16)17/h2-8,13H,9-12,14H2,1H3,(H,28,29). The molecule has 1 aliphatic heterocycles. The molecule has 0 amide bonds. The number of hydrogen-bond acceptors (Lipinski definition) is 5. The van der Waals surface area contributed by atoms with Crippen LogP contribution in [-0.4, -0.2) is 51.9 Å². The first kappa shape index (κ1) is 18.6. The number of hydrogen-bond donors (Lipinski definition) is 1. The van der Waals surface area contributed by atoms with Crippen molar-refractivity contribution >= 4 is 33.7 Å². The van der Waals surface area contributed by atoms with Crippen LogP contribution in [0.4, 0.5) is 5.82 Å². The van der Waals surface area contributed by atoms with Gasteiger partial charge in [0.25, 0.3) is 0 Å². The van der Waals surface area contributed by atoms with Crippen LogP contribution in [0, 0.1) is 6.92 Å². The van der Waals surface area contributed by atoms with Gasteiger partial charge in [0.05, 0.1) is 25.3 Å². The predicted molar refractivity (Wildman–Crippen MR) is 115 cm³/mol. The highest BCUT2D eigenvalue weighted by atomic mass is 16.5. The first-order valence-corrected chi connectivity index (χ1v) is 10.0. The Morgan fingerprint density at radius 1 is 1.10 bits per heavy atom. The molecule has 0 saturated carbocycles. The molecule has 2 aromatic heterocycles. The van der Waals surface area contributed by atoms with Gasteiger partial charge in [0.2, 0.25) is 0 Å². The Labute approximate surface area is 173 Å². The number of aromatic carboxylic acids is 1. The molecule has 152 valence electrons. The van der Waals surface area contributed by atoms with E-state index in [4.69, 9.17) is 9.72 Å². The topological polar surface area (TPSA) is 80.5 Å². The molecule has 7 nitrogen and oxygen atoms in total. The molecule has 0 atom stereocenters. The normalized spacial score (nSPS) is 14.5. The molecular formula is C23H22N4O3. The molecule has 30 heavy (non-hydrogen) atoms. The molecule has 0 radical (unpaired) electrons. The van der Waals surface area contributed by atoms with Crippen LogP contribution in [0.2, 0.25) is 0 Å².